The van der Waals surface area contributed by atoms with E-state index in [2.05, 4.69) is 6.92 Å². The Bertz CT molecular complexity index is 807. The molecule has 9 heteroatoms. The van der Waals surface area contributed by atoms with Gasteiger partial charge in [-0.25, -0.2) is 0 Å². The van der Waals surface area contributed by atoms with Crippen molar-refractivity contribution < 1.29 is 43.2 Å². The zero-order valence-electron chi connectivity index (χ0n) is 20.3. The van der Waals surface area contributed by atoms with Gasteiger partial charge in [0.25, 0.3) is 0 Å². The number of hydrogen-bond donors (Lipinski definition) is 1. The highest BCUT2D eigenvalue weighted by atomic mass is 16.8. The zero-order valence-corrected chi connectivity index (χ0v) is 20.3. The van der Waals surface area contributed by atoms with Crippen molar-refractivity contribution in [1.29, 1.82) is 0 Å². The predicted octanol–water partition coefficient (Wildman–Crippen LogP) is 1.84. The number of carbonyl (C=O) groups excluding carboxylic acids is 3. The van der Waals surface area contributed by atoms with Crippen LogP contribution in [-0.2, 0) is 38.1 Å². The van der Waals surface area contributed by atoms with Crippen LogP contribution in [0.2, 0.25) is 0 Å². The van der Waals surface area contributed by atoms with Crippen LogP contribution in [-0.4, -0.2) is 68.4 Å². The van der Waals surface area contributed by atoms with E-state index >= 15 is 0 Å². The molecule has 0 aromatic carbocycles. The number of aliphatic hydroxyl groups excluding tert-OH is 1. The summed E-state index contributed by atoms with van der Waals surface area (Å²) in [6, 6.07) is 0. The van der Waals surface area contributed by atoms with Crippen LogP contribution in [0.4, 0.5) is 0 Å². The highest BCUT2D eigenvalue weighted by Gasteiger charge is 2.70. The Labute approximate surface area is 194 Å². The fourth-order valence-corrected chi connectivity index (χ4v) is 7.60. The lowest BCUT2D eigenvalue weighted by Gasteiger charge is -2.61. The topological polar surface area (TPSA) is 118 Å². The minimum Gasteiger partial charge on any atom is -0.469 e. The molecule has 0 amide bonds. The summed E-state index contributed by atoms with van der Waals surface area (Å²) < 4.78 is 28.0. The number of aliphatic hydroxyl groups is 1. The average molecular weight is 469 g/mol. The Morgan fingerprint density at radius 2 is 1.48 bits per heavy atom. The number of carbonyl (C=O) groups is 3. The van der Waals surface area contributed by atoms with E-state index in [1.165, 1.54) is 21.3 Å². The number of ether oxygens (including phenoxy) is 5. The summed E-state index contributed by atoms with van der Waals surface area (Å²) in [4.78, 5) is 38.6. The molecule has 0 radical (unpaired) electrons. The molecule has 4 fully saturated rings. The molecule has 33 heavy (non-hydrogen) atoms. The van der Waals surface area contributed by atoms with Gasteiger partial charge in [0, 0.05) is 5.92 Å². The van der Waals surface area contributed by atoms with Gasteiger partial charge < -0.3 is 28.8 Å². The fraction of sp³-hybridized carbons (Fsp3) is 0.875. The Morgan fingerprint density at radius 1 is 0.879 bits per heavy atom. The summed E-state index contributed by atoms with van der Waals surface area (Å²) in [5.74, 6) is -3.72. The molecule has 1 saturated heterocycles. The highest BCUT2D eigenvalue weighted by molar-refractivity contribution is 6.00. The van der Waals surface area contributed by atoms with Crippen molar-refractivity contribution in [1.82, 2.24) is 0 Å². The zero-order chi connectivity index (χ0) is 24.3. The number of methoxy groups -OCH3 is 3. The predicted molar refractivity (Wildman–Crippen MR) is 113 cm³/mol. The molecule has 9 nitrogen and oxygen atoms in total. The van der Waals surface area contributed by atoms with E-state index < -0.39 is 53.3 Å². The molecule has 8 atom stereocenters. The van der Waals surface area contributed by atoms with Crippen LogP contribution in [0.5, 0.6) is 0 Å². The molecule has 3 aliphatic carbocycles. The van der Waals surface area contributed by atoms with Crippen molar-refractivity contribution in [3.63, 3.8) is 0 Å². The van der Waals surface area contributed by atoms with Crippen LogP contribution >= 0.6 is 0 Å². The van der Waals surface area contributed by atoms with Crippen LogP contribution in [0.3, 0.4) is 0 Å². The molecule has 0 aromatic heterocycles. The second kappa shape index (κ2) is 8.20. The first-order chi connectivity index (χ1) is 15.5. The van der Waals surface area contributed by atoms with E-state index in [0.29, 0.717) is 25.7 Å². The molecule has 0 unspecified atom stereocenters. The van der Waals surface area contributed by atoms with Gasteiger partial charge in [-0.05, 0) is 63.2 Å². The lowest BCUT2D eigenvalue weighted by Crippen LogP contribution is -2.66. The molecule has 1 aliphatic heterocycles. The number of hydrogen-bond acceptors (Lipinski definition) is 9. The van der Waals surface area contributed by atoms with E-state index in [0.717, 1.165) is 0 Å². The van der Waals surface area contributed by atoms with Crippen LogP contribution < -0.4 is 0 Å². The number of fused-ring (bicyclic) bond motifs is 6. The van der Waals surface area contributed by atoms with Crippen molar-refractivity contribution in [3.05, 3.63) is 0 Å². The van der Waals surface area contributed by atoms with Gasteiger partial charge in [0.15, 0.2) is 11.2 Å². The van der Waals surface area contributed by atoms with Crippen LogP contribution in [0, 0.1) is 34.5 Å². The third-order valence-corrected chi connectivity index (χ3v) is 8.94. The quantitative estimate of drug-likeness (QED) is 0.376. The van der Waals surface area contributed by atoms with Gasteiger partial charge in [-0.15, -0.1) is 0 Å². The standard InChI is InChI=1S/C24H36O9/c1-22(2)32-17-12-11-24(20(27)30-5,21(28)31-6)10-7-13(12)23(3)9-8-14(25)15(19(26)29-4)16(23)18(17)33-22/h12-18,25H,7-11H2,1-6H3/t12-,13-,14+,15-,16-,17-,18+,23-/m1/s1. The first kappa shape index (κ1) is 24.4. The fourth-order valence-electron chi connectivity index (χ4n) is 7.60. The number of esters is 3. The van der Waals surface area contributed by atoms with Gasteiger partial charge in [-0.2, -0.15) is 0 Å². The lowest BCUT2D eigenvalue weighted by atomic mass is 9.44. The minimum atomic E-state index is -1.40. The number of rotatable bonds is 3. The molecule has 186 valence electrons. The van der Waals surface area contributed by atoms with Gasteiger partial charge in [0.05, 0.1) is 45.6 Å². The van der Waals surface area contributed by atoms with E-state index in [-0.39, 0.29) is 29.6 Å². The van der Waals surface area contributed by atoms with Crippen LogP contribution in [0.15, 0.2) is 0 Å². The molecule has 0 bridgehead atoms. The van der Waals surface area contributed by atoms with Crippen molar-refractivity contribution in [2.45, 2.75) is 77.0 Å². The molecule has 4 aliphatic rings. The lowest BCUT2D eigenvalue weighted by molar-refractivity contribution is -0.211. The summed E-state index contributed by atoms with van der Waals surface area (Å²) >= 11 is 0. The summed E-state index contributed by atoms with van der Waals surface area (Å²) in [6.07, 6.45) is 0.493. The molecule has 0 spiro atoms. The largest absolute Gasteiger partial charge is 0.469 e. The summed E-state index contributed by atoms with van der Waals surface area (Å²) in [6.45, 7) is 5.78. The van der Waals surface area contributed by atoms with Crippen LogP contribution in [0.25, 0.3) is 0 Å². The molecular formula is C24H36O9. The van der Waals surface area contributed by atoms with Gasteiger partial charge >= 0.3 is 17.9 Å². The van der Waals surface area contributed by atoms with Crippen molar-refractivity contribution in [3.8, 4) is 0 Å². The molecular weight excluding hydrogens is 432 g/mol. The Hall–Kier alpha value is -1.71. The first-order valence-corrected chi connectivity index (χ1v) is 11.7. The van der Waals surface area contributed by atoms with E-state index in [4.69, 9.17) is 23.7 Å². The van der Waals surface area contributed by atoms with Gasteiger partial charge in [0.2, 0.25) is 0 Å². The summed E-state index contributed by atoms with van der Waals surface area (Å²) in [5, 5.41) is 10.8. The monoisotopic (exact) mass is 468 g/mol. The first-order valence-electron chi connectivity index (χ1n) is 11.7. The van der Waals surface area contributed by atoms with Gasteiger partial charge in [-0.1, -0.05) is 6.92 Å². The second-order valence-corrected chi connectivity index (χ2v) is 10.8. The van der Waals surface area contributed by atoms with E-state index in [1.807, 2.05) is 13.8 Å². The molecule has 1 N–H and O–H groups in total. The second-order valence-electron chi connectivity index (χ2n) is 10.8. The third-order valence-electron chi connectivity index (χ3n) is 8.94. The smallest absolute Gasteiger partial charge is 0.323 e. The minimum absolute atomic E-state index is 0.0587. The SMILES string of the molecule is COC(=O)[C@H]1[C@@H]2[C@@H]3OC(C)(C)O[C@@H]3[C@@H]3CC(C(=O)OC)(C(=O)OC)CC[C@H]3[C@@]2(C)CC[C@@H]1O. The average Bonchev–Trinajstić information content (AvgIpc) is 3.12. The Balaban J connectivity index is 1.80. The van der Waals surface area contributed by atoms with E-state index in [9.17, 15) is 19.5 Å². The van der Waals surface area contributed by atoms with Gasteiger partial charge in [-0.3, -0.25) is 14.4 Å². The molecule has 1 heterocycles. The summed E-state index contributed by atoms with van der Waals surface area (Å²) in [5.41, 5.74) is -1.77. The molecule has 4 rings (SSSR count). The maximum atomic E-state index is 12.9. The maximum absolute atomic E-state index is 12.9. The van der Waals surface area contributed by atoms with Gasteiger partial charge in [0.1, 0.15) is 0 Å². The third kappa shape index (κ3) is 3.49. The van der Waals surface area contributed by atoms with Crippen LogP contribution in [0.1, 0.15) is 52.9 Å². The highest BCUT2D eigenvalue weighted by Crippen LogP contribution is 2.65. The van der Waals surface area contributed by atoms with Crippen molar-refractivity contribution in [2.24, 2.45) is 34.5 Å². The van der Waals surface area contributed by atoms with Crippen molar-refractivity contribution >= 4 is 17.9 Å². The van der Waals surface area contributed by atoms with E-state index in [1.54, 1.807) is 0 Å². The summed E-state index contributed by atoms with van der Waals surface area (Å²) in [7, 11) is 3.89. The molecule has 0 aromatic rings. The van der Waals surface area contributed by atoms with Crippen molar-refractivity contribution in [2.75, 3.05) is 21.3 Å². The normalized spacial score (nSPS) is 42.8. The maximum Gasteiger partial charge on any atom is 0.323 e. The molecule has 3 saturated carbocycles. The Morgan fingerprint density at radius 3 is 2.06 bits per heavy atom. The Kier molecular flexibility index (Phi) is 6.07.